The molecule has 1 aliphatic carbocycles. The summed E-state index contributed by atoms with van der Waals surface area (Å²) in [6.45, 7) is 0. The smallest absolute Gasteiger partial charge is 0.277 e. The summed E-state index contributed by atoms with van der Waals surface area (Å²) in [7, 11) is 1.62. The van der Waals surface area contributed by atoms with Gasteiger partial charge in [-0.2, -0.15) is 0 Å². The van der Waals surface area contributed by atoms with E-state index in [4.69, 9.17) is 9.15 Å². The molecule has 21 heavy (non-hydrogen) atoms. The van der Waals surface area contributed by atoms with Crippen LogP contribution in [0.25, 0.3) is 11.5 Å². The third-order valence-corrected chi connectivity index (χ3v) is 4.63. The number of hydrogen-bond donors (Lipinski definition) is 0. The van der Waals surface area contributed by atoms with Gasteiger partial charge in [0.05, 0.1) is 12.4 Å². The predicted molar refractivity (Wildman–Crippen MR) is 79.4 cm³/mol. The Hall–Kier alpha value is -1.82. The van der Waals surface area contributed by atoms with Crippen LogP contribution in [0.5, 0.6) is 5.75 Å². The molecular weight excluding hydrogens is 288 g/mol. The summed E-state index contributed by atoms with van der Waals surface area (Å²) < 4.78 is 10.8. The Kier molecular flexibility index (Phi) is 4.24. The fraction of sp³-hybridized carbons (Fsp3) is 0.400. The molecule has 0 saturated heterocycles. The molecular formula is C15H16N2O3S. The number of hydrogen-bond acceptors (Lipinski definition) is 6. The lowest BCUT2D eigenvalue weighted by Crippen LogP contribution is -2.21. The van der Waals surface area contributed by atoms with Crippen molar-refractivity contribution in [1.82, 2.24) is 10.2 Å². The fourth-order valence-electron chi connectivity index (χ4n) is 2.30. The van der Waals surface area contributed by atoms with E-state index in [0.29, 0.717) is 17.5 Å². The van der Waals surface area contributed by atoms with Crippen LogP contribution in [0.2, 0.25) is 0 Å². The first kappa shape index (κ1) is 14.1. The molecule has 1 saturated carbocycles. The van der Waals surface area contributed by atoms with E-state index >= 15 is 0 Å². The van der Waals surface area contributed by atoms with Crippen molar-refractivity contribution in [1.29, 1.82) is 0 Å². The molecule has 0 aliphatic heterocycles. The first-order valence-corrected chi connectivity index (χ1v) is 7.81. The van der Waals surface area contributed by atoms with Crippen LogP contribution in [0.1, 0.15) is 25.7 Å². The van der Waals surface area contributed by atoms with E-state index in [-0.39, 0.29) is 11.0 Å². The van der Waals surface area contributed by atoms with Gasteiger partial charge < -0.3 is 9.15 Å². The Morgan fingerprint density at radius 2 is 2.05 bits per heavy atom. The van der Waals surface area contributed by atoms with Gasteiger partial charge in [0.2, 0.25) is 5.89 Å². The number of methoxy groups -OCH3 is 1. The summed E-state index contributed by atoms with van der Waals surface area (Å²) in [5.41, 5.74) is 0.838. The number of ketones is 1. The highest BCUT2D eigenvalue weighted by molar-refractivity contribution is 8.00. The largest absolute Gasteiger partial charge is 0.497 e. The predicted octanol–water partition coefficient (Wildman–Crippen LogP) is 3.35. The maximum absolute atomic E-state index is 11.8. The molecule has 1 aromatic carbocycles. The van der Waals surface area contributed by atoms with Gasteiger partial charge in [-0.15, -0.1) is 10.2 Å². The van der Waals surface area contributed by atoms with Crippen molar-refractivity contribution in [3.8, 4) is 17.2 Å². The van der Waals surface area contributed by atoms with Gasteiger partial charge in [0.1, 0.15) is 11.5 Å². The second-order valence-electron chi connectivity index (χ2n) is 4.92. The number of nitrogens with zero attached hydrogens (tertiary/aromatic N) is 2. The molecule has 2 aromatic rings. The van der Waals surface area contributed by atoms with Crippen molar-refractivity contribution < 1.29 is 13.9 Å². The Bertz CT molecular complexity index is 624. The van der Waals surface area contributed by atoms with E-state index in [1.165, 1.54) is 11.8 Å². The van der Waals surface area contributed by atoms with Gasteiger partial charge >= 0.3 is 0 Å². The van der Waals surface area contributed by atoms with Crippen molar-refractivity contribution >= 4 is 17.5 Å². The second-order valence-corrected chi connectivity index (χ2v) is 6.07. The average molecular weight is 304 g/mol. The van der Waals surface area contributed by atoms with Crippen LogP contribution >= 0.6 is 11.8 Å². The number of ether oxygens (including phenoxy) is 1. The lowest BCUT2D eigenvalue weighted by molar-refractivity contribution is -0.119. The van der Waals surface area contributed by atoms with Gasteiger partial charge in [-0.25, -0.2) is 0 Å². The zero-order valence-electron chi connectivity index (χ0n) is 11.7. The molecule has 3 rings (SSSR count). The van der Waals surface area contributed by atoms with Crippen LogP contribution in [0.15, 0.2) is 33.9 Å². The summed E-state index contributed by atoms with van der Waals surface area (Å²) in [5, 5.41) is 8.49. The molecule has 0 unspecified atom stereocenters. The Labute approximate surface area is 127 Å². The monoisotopic (exact) mass is 304 g/mol. The molecule has 0 N–H and O–H groups in total. The van der Waals surface area contributed by atoms with Crippen LogP contribution in [0, 0.1) is 0 Å². The molecule has 0 spiro atoms. The van der Waals surface area contributed by atoms with Gasteiger partial charge in [0.15, 0.2) is 0 Å². The third kappa shape index (κ3) is 3.26. The number of Topliss-reactive ketones (excluding diaryl/α,β-unsaturated/α-hetero) is 1. The highest BCUT2D eigenvalue weighted by Gasteiger charge is 2.25. The number of benzene rings is 1. The molecule has 0 amide bonds. The van der Waals surface area contributed by atoms with Crippen molar-refractivity contribution in [2.45, 2.75) is 36.2 Å². The standard InChI is InChI=1S/C15H16N2O3S/c1-19-11-8-6-10(7-9-11)14-16-17-15(20-14)21-13-5-3-2-4-12(13)18/h6-9,13H,2-5H2,1H3/t13-/m0/s1. The van der Waals surface area contributed by atoms with Gasteiger partial charge in [0.25, 0.3) is 5.22 Å². The summed E-state index contributed by atoms with van der Waals surface area (Å²) in [6.07, 6.45) is 3.64. The second kappa shape index (κ2) is 6.30. The molecule has 1 fully saturated rings. The van der Waals surface area contributed by atoms with Crippen molar-refractivity contribution in [2.24, 2.45) is 0 Å². The minimum absolute atomic E-state index is 0.0390. The lowest BCUT2D eigenvalue weighted by Gasteiger charge is -2.17. The van der Waals surface area contributed by atoms with Crippen molar-refractivity contribution in [2.75, 3.05) is 7.11 Å². The van der Waals surface area contributed by atoms with E-state index in [0.717, 1.165) is 30.6 Å². The van der Waals surface area contributed by atoms with Crippen LogP contribution in [-0.2, 0) is 4.79 Å². The van der Waals surface area contributed by atoms with Crippen LogP contribution < -0.4 is 4.74 Å². The minimum Gasteiger partial charge on any atom is -0.497 e. The lowest BCUT2D eigenvalue weighted by atomic mass is 9.99. The maximum Gasteiger partial charge on any atom is 0.277 e. The molecule has 0 bridgehead atoms. The van der Waals surface area contributed by atoms with Gasteiger partial charge in [-0.05, 0) is 37.1 Å². The van der Waals surface area contributed by atoms with Gasteiger partial charge in [-0.3, -0.25) is 4.79 Å². The molecule has 5 nitrogen and oxygen atoms in total. The highest BCUT2D eigenvalue weighted by Crippen LogP contribution is 2.32. The molecule has 1 atom stereocenters. The highest BCUT2D eigenvalue weighted by atomic mass is 32.2. The van der Waals surface area contributed by atoms with E-state index < -0.39 is 0 Å². The minimum atomic E-state index is -0.0390. The number of carbonyl (C=O) groups excluding carboxylic acids is 1. The molecule has 6 heteroatoms. The number of thioether (sulfide) groups is 1. The number of carbonyl (C=O) groups is 1. The summed E-state index contributed by atoms with van der Waals surface area (Å²) in [4.78, 5) is 11.8. The number of rotatable bonds is 4. The van der Waals surface area contributed by atoms with E-state index in [2.05, 4.69) is 10.2 Å². The number of aromatic nitrogens is 2. The van der Waals surface area contributed by atoms with Crippen LogP contribution in [-0.4, -0.2) is 28.3 Å². The third-order valence-electron chi connectivity index (χ3n) is 3.49. The molecule has 1 aromatic heterocycles. The van der Waals surface area contributed by atoms with Gasteiger partial charge in [-0.1, -0.05) is 18.2 Å². The topological polar surface area (TPSA) is 65.2 Å². The Morgan fingerprint density at radius 3 is 2.76 bits per heavy atom. The zero-order valence-corrected chi connectivity index (χ0v) is 12.6. The zero-order chi connectivity index (χ0) is 14.7. The maximum atomic E-state index is 11.8. The van der Waals surface area contributed by atoms with E-state index in [9.17, 15) is 4.79 Å². The molecule has 0 radical (unpaired) electrons. The summed E-state index contributed by atoms with van der Waals surface area (Å²) in [5.74, 6) is 1.53. The SMILES string of the molecule is COc1ccc(-c2nnc(S[C@H]3CCCCC3=O)o2)cc1. The van der Waals surface area contributed by atoms with Gasteiger partial charge in [0, 0.05) is 12.0 Å². The summed E-state index contributed by atoms with van der Waals surface area (Å²) >= 11 is 1.38. The Balaban J connectivity index is 1.71. The first-order chi connectivity index (χ1) is 10.3. The Morgan fingerprint density at radius 1 is 1.24 bits per heavy atom. The van der Waals surface area contributed by atoms with Crippen LogP contribution in [0.3, 0.4) is 0 Å². The van der Waals surface area contributed by atoms with E-state index in [1.807, 2.05) is 24.3 Å². The molecule has 1 aliphatic rings. The average Bonchev–Trinajstić information content (AvgIpc) is 2.98. The van der Waals surface area contributed by atoms with Crippen molar-refractivity contribution in [3.05, 3.63) is 24.3 Å². The van der Waals surface area contributed by atoms with Crippen LogP contribution in [0.4, 0.5) is 0 Å². The quantitative estimate of drug-likeness (QED) is 0.863. The first-order valence-electron chi connectivity index (χ1n) is 6.93. The normalized spacial score (nSPS) is 18.7. The van der Waals surface area contributed by atoms with E-state index in [1.54, 1.807) is 7.11 Å². The molecule has 1 heterocycles. The molecule has 110 valence electrons. The van der Waals surface area contributed by atoms with Crippen molar-refractivity contribution in [3.63, 3.8) is 0 Å². The fourth-order valence-corrected chi connectivity index (χ4v) is 3.30. The summed E-state index contributed by atoms with van der Waals surface area (Å²) in [6, 6.07) is 7.42.